The molecule has 0 fully saturated rings. The van der Waals surface area contributed by atoms with E-state index in [9.17, 15) is 18.3 Å². The number of carbonyl (C=O) groups excluding carboxylic acids is 1. The van der Waals surface area contributed by atoms with E-state index in [1.807, 2.05) is 49.4 Å². The Morgan fingerprint density at radius 1 is 1.03 bits per heavy atom. The van der Waals surface area contributed by atoms with Crippen molar-refractivity contribution in [2.24, 2.45) is 0 Å². The van der Waals surface area contributed by atoms with Crippen LogP contribution in [0.1, 0.15) is 12.0 Å². The van der Waals surface area contributed by atoms with Crippen molar-refractivity contribution in [3.8, 4) is 5.75 Å². The van der Waals surface area contributed by atoms with Crippen LogP contribution in [0, 0.1) is 6.92 Å². The molecule has 0 saturated carbocycles. The summed E-state index contributed by atoms with van der Waals surface area (Å²) in [7, 11) is -3.72. The SMILES string of the molecule is Cc1cccc(OCC(O)CNC(=O)CCNS(=O)(=O)c2ccc3ccccc3c2)c1. The van der Waals surface area contributed by atoms with Crippen LogP contribution in [0.4, 0.5) is 0 Å². The Kier molecular flexibility index (Phi) is 7.62. The van der Waals surface area contributed by atoms with E-state index in [-0.39, 0.29) is 36.9 Å². The van der Waals surface area contributed by atoms with Gasteiger partial charge in [-0.3, -0.25) is 4.79 Å². The molecule has 0 spiro atoms. The first-order chi connectivity index (χ1) is 14.8. The molecule has 1 amide bonds. The Balaban J connectivity index is 1.40. The van der Waals surface area contributed by atoms with Crippen LogP contribution in [0.5, 0.6) is 5.75 Å². The molecule has 0 aromatic heterocycles. The van der Waals surface area contributed by atoms with Gasteiger partial charge in [-0.05, 0) is 47.5 Å². The number of ether oxygens (including phenoxy) is 1. The second kappa shape index (κ2) is 10.4. The first-order valence-corrected chi connectivity index (χ1v) is 11.4. The predicted molar refractivity (Wildman–Crippen MR) is 119 cm³/mol. The predicted octanol–water partition coefficient (Wildman–Crippen LogP) is 2.37. The van der Waals surface area contributed by atoms with Gasteiger partial charge in [-0.15, -0.1) is 0 Å². The lowest BCUT2D eigenvalue weighted by Gasteiger charge is -2.14. The zero-order valence-electron chi connectivity index (χ0n) is 17.2. The average Bonchev–Trinajstić information content (AvgIpc) is 2.76. The van der Waals surface area contributed by atoms with Gasteiger partial charge in [0, 0.05) is 19.5 Å². The van der Waals surface area contributed by atoms with Crippen LogP contribution in [-0.2, 0) is 14.8 Å². The summed E-state index contributed by atoms with van der Waals surface area (Å²) >= 11 is 0. The van der Waals surface area contributed by atoms with Crippen molar-refractivity contribution in [3.05, 3.63) is 72.3 Å². The Bertz CT molecular complexity index is 1150. The lowest BCUT2D eigenvalue weighted by Crippen LogP contribution is -2.37. The standard InChI is InChI=1S/C23H26N2O5S/c1-17-5-4-8-21(13-17)30-16-20(26)15-24-23(27)11-12-25-31(28,29)22-10-9-18-6-2-3-7-19(18)14-22/h2-10,13-14,20,25-26H,11-12,15-16H2,1H3,(H,24,27). The molecule has 0 radical (unpaired) electrons. The summed E-state index contributed by atoms with van der Waals surface area (Å²) in [5.74, 6) is 0.282. The molecule has 3 aromatic carbocycles. The summed E-state index contributed by atoms with van der Waals surface area (Å²) in [6.45, 7) is 1.95. The molecule has 0 aliphatic carbocycles. The quantitative estimate of drug-likeness (QED) is 0.447. The third-order valence-electron chi connectivity index (χ3n) is 4.64. The summed E-state index contributed by atoms with van der Waals surface area (Å²) in [6, 6.07) is 19.8. The van der Waals surface area contributed by atoms with E-state index in [1.165, 1.54) is 6.07 Å². The number of rotatable bonds is 10. The normalized spacial score (nSPS) is 12.5. The molecule has 31 heavy (non-hydrogen) atoms. The monoisotopic (exact) mass is 442 g/mol. The number of carbonyl (C=O) groups is 1. The zero-order valence-corrected chi connectivity index (χ0v) is 18.1. The van der Waals surface area contributed by atoms with Gasteiger partial charge in [0.2, 0.25) is 15.9 Å². The van der Waals surface area contributed by atoms with E-state index >= 15 is 0 Å². The third-order valence-corrected chi connectivity index (χ3v) is 6.10. The number of sulfonamides is 1. The van der Waals surface area contributed by atoms with Crippen molar-refractivity contribution >= 4 is 26.7 Å². The van der Waals surface area contributed by atoms with Crippen molar-refractivity contribution in [3.63, 3.8) is 0 Å². The van der Waals surface area contributed by atoms with Crippen molar-refractivity contribution in [1.29, 1.82) is 0 Å². The number of aryl methyl sites for hydroxylation is 1. The van der Waals surface area contributed by atoms with Crippen molar-refractivity contribution < 1.29 is 23.1 Å². The van der Waals surface area contributed by atoms with Crippen molar-refractivity contribution in [2.75, 3.05) is 19.7 Å². The average molecular weight is 443 g/mol. The number of aliphatic hydroxyl groups excluding tert-OH is 1. The number of benzene rings is 3. The molecule has 0 aliphatic rings. The molecule has 0 heterocycles. The smallest absolute Gasteiger partial charge is 0.240 e. The van der Waals surface area contributed by atoms with Crippen LogP contribution in [0.25, 0.3) is 10.8 Å². The molecule has 8 heteroatoms. The van der Waals surface area contributed by atoms with Crippen LogP contribution in [0.2, 0.25) is 0 Å². The summed E-state index contributed by atoms with van der Waals surface area (Å²) in [6.07, 6.45) is -0.920. The van der Waals surface area contributed by atoms with E-state index in [0.717, 1.165) is 16.3 Å². The number of amides is 1. The number of nitrogens with one attached hydrogen (secondary N) is 2. The van der Waals surface area contributed by atoms with Crippen molar-refractivity contribution in [1.82, 2.24) is 10.0 Å². The Labute approximate surface area is 182 Å². The highest BCUT2D eigenvalue weighted by Gasteiger charge is 2.15. The van der Waals surface area contributed by atoms with Gasteiger partial charge in [-0.1, -0.05) is 42.5 Å². The molecule has 1 unspecified atom stereocenters. The van der Waals surface area contributed by atoms with Gasteiger partial charge in [0.1, 0.15) is 18.5 Å². The van der Waals surface area contributed by atoms with Gasteiger partial charge in [0.25, 0.3) is 0 Å². The fourth-order valence-corrected chi connectivity index (χ4v) is 4.06. The molecule has 0 saturated heterocycles. The van der Waals surface area contributed by atoms with Gasteiger partial charge in [-0.2, -0.15) is 0 Å². The van der Waals surface area contributed by atoms with Crippen molar-refractivity contribution in [2.45, 2.75) is 24.3 Å². The summed E-state index contributed by atoms with van der Waals surface area (Å²) in [5.41, 5.74) is 1.05. The summed E-state index contributed by atoms with van der Waals surface area (Å²) < 4.78 is 32.9. The van der Waals surface area contributed by atoms with Crippen LogP contribution in [0.15, 0.2) is 71.6 Å². The Hall–Kier alpha value is -2.94. The van der Waals surface area contributed by atoms with Crippen LogP contribution < -0.4 is 14.8 Å². The second-order valence-electron chi connectivity index (χ2n) is 7.24. The number of aliphatic hydroxyl groups is 1. The number of hydrogen-bond acceptors (Lipinski definition) is 5. The highest BCUT2D eigenvalue weighted by atomic mass is 32.2. The maximum Gasteiger partial charge on any atom is 0.240 e. The molecule has 0 aliphatic heterocycles. The minimum atomic E-state index is -3.72. The van der Waals surface area contributed by atoms with Crippen LogP contribution in [0.3, 0.4) is 0 Å². The van der Waals surface area contributed by atoms with Crippen LogP contribution in [-0.4, -0.2) is 45.2 Å². The van der Waals surface area contributed by atoms with E-state index in [1.54, 1.807) is 18.2 Å². The summed E-state index contributed by atoms with van der Waals surface area (Å²) in [4.78, 5) is 12.1. The maximum atomic E-state index is 12.5. The van der Waals surface area contributed by atoms with Gasteiger partial charge < -0.3 is 15.2 Å². The number of hydrogen-bond donors (Lipinski definition) is 3. The first kappa shape index (κ1) is 22.7. The molecule has 3 N–H and O–H groups in total. The maximum absolute atomic E-state index is 12.5. The van der Waals surface area contributed by atoms with Crippen LogP contribution >= 0.6 is 0 Å². The molecule has 164 valence electrons. The van der Waals surface area contributed by atoms with Gasteiger partial charge in [-0.25, -0.2) is 13.1 Å². The second-order valence-corrected chi connectivity index (χ2v) is 9.01. The number of fused-ring (bicyclic) bond motifs is 1. The minimum absolute atomic E-state index is 0.0159. The fraction of sp³-hybridized carbons (Fsp3) is 0.261. The molecular weight excluding hydrogens is 416 g/mol. The highest BCUT2D eigenvalue weighted by molar-refractivity contribution is 7.89. The first-order valence-electron chi connectivity index (χ1n) is 9.96. The minimum Gasteiger partial charge on any atom is -0.491 e. The van der Waals surface area contributed by atoms with Gasteiger partial charge in [0.15, 0.2) is 0 Å². The third kappa shape index (κ3) is 6.78. The molecule has 3 aromatic rings. The lowest BCUT2D eigenvalue weighted by molar-refractivity contribution is -0.121. The lowest BCUT2D eigenvalue weighted by atomic mass is 10.1. The van der Waals surface area contributed by atoms with Gasteiger partial charge >= 0.3 is 0 Å². The van der Waals surface area contributed by atoms with E-state index in [4.69, 9.17) is 4.74 Å². The Morgan fingerprint density at radius 2 is 1.81 bits per heavy atom. The fourth-order valence-electron chi connectivity index (χ4n) is 2.99. The van der Waals surface area contributed by atoms with E-state index < -0.39 is 16.1 Å². The molecule has 3 rings (SSSR count). The topological polar surface area (TPSA) is 105 Å². The van der Waals surface area contributed by atoms with E-state index in [0.29, 0.717) is 5.75 Å². The molecule has 0 bridgehead atoms. The van der Waals surface area contributed by atoms with Gasteiger partial charge in [0.05, 0.1) is 4.90 Å². The zero-order chi connectivity index (χ0) is 22.3. The van der Waals surface area contributed by atoms with E-state index in [2.05, 4.69) is 10.0 Å². The largest absolute Gasteiger partial charge is 0.491 e. The summed E-state index contributed by atoms with van der Waals surface area (Å²) in [5, 5.41) is 14.3. The highest BCUT2D eigenvalue weighted by Crippen LogP contribution is 2.18. The molecule has 1 atom stereocenters. The Morgan fingerprint density at radius 3 is 2.58 bits per heavy atom. The molecular formula is C23H26N2O5S. The molecule has 7 nitrogen and oxygen atoms in total.